The SMILES string of the molecule is C[C@@]12CCN(C(=O)CCn3ccccc3=O)[C@@H]1CC[C@@H](O)C2. The molecule has 3 rings (SSSR count). The van der Waals surface area contributed by atoms with Gasteiger partial charge in [0.25, 0.3) is 5.56 Å². The Labute approximate surface area is 130 Å². The first-order valence-electron chi connectivity index (χ1n) is 8.13. The highest BCUT2D eigenvalue weighted by atomic mass is 16.3. The Morgan fingerprint density at radius 2 is 2.23 bits per heavy atom. The summed E-state index contributed by atoms with van der Waals surface area (Å²) in [5.41, 5.74) is -0.0148. The molecule has 2 fully saturated rings. The van der Waals surface area contributed by atoms with E-state index < -0.39 is 0 Å². The van der Waals surface area contributed by atoms with E-state index in [9.17, 15) is 14.7 Å². The summed E-state index contributed by atoms with van der Waals surface area (Å²) in [5.74, 6) is 0.126. The number of pyridine rings is 1. The third-order valence-corrected chi connectivity index (χ3v) is 5.37. The zero-order valence-corrected chi connectivity index (χ0v) is 13.1. The minimum absolute atomic E-state index is 0.0525. The van der Waals surface area contributed by atoms with Crippen LogP contribution in [-0.2, 0) is 11.3 Å². The van der Waals surface area contributed by atoms with Gasteiger partial charge in [0.05, 0.1) is 6.10 Å². The number of fused-ring (bicyclic) bond motifs is 1. The molecule has 0 bridgehead atoms. The van der Waals surface area contributed by atoms with Gasteiger partial charge in [-0.2, -0.15) is 0 Å². The van der Waals surface area contributed by atoms with Crippen LogP contribution in [0.15, 0.2) is 29.2 Å². The molecule has 1 saturated heterocycles. The largest absolute Gasteiger partial charge is 0.393 e. The molecule has 5 heteroatoms. The summed E-state index contributed by atoms with van der Waals surface area (Å²) in [4.78, 5) is 26.2. The van der Waals surface area contributed by atoms with Gasteiger partial charge in [-0.25, -0.2) is 0 Å². The van der Waals surface area contributed by atoms with Crippen LogP contribution in [0.1, 0.15) is 39.0 Å². The van der Waals surface area contributed by atoms with Crippen LogP contribution in [0.3, 0.4) is 0 Å². The quantitative estimate of drug-likeness (QED) is 0.918. The van der Waals surface area contributed by atoms with Gasteiger partial charge in [-0.1, -0.05) is 13.0 Å². The molecule has 1 aliphatic heterocycles. The third-order valence-electron chi connectivity index (χ3n) is 5.37. The maximum Gasteiger partial charge on any atom is 0.250 e. The zero-order valence-electron chi connectivity index (χ0n) is 13.1. The lowest BCUT2D eigenvalue weighted by molar-refractivity contribution is -0.134. The van der Waals surface area contributed by atoms with Crippen molar-refractivity contribution < 1.29 is 9.90 Å². The molecule has 1 saturated carbocycles. The van der Waals surface area contributed by atoms with Crippen molar-refractivity contribution in [3.8, 4) is 0 Å². The van der Waals surface area contributed by atoms with Crippen molar-refractivity contribution >= 4 is 5.91 Å². The van der Waals surface area contributed by atoms with Crippen LogP contribution in [0.2, 0.25) is 0 Å². The van der Waals surface area contributed by atoms with Gasteiger partial charge in [-0.15, -0.1) is 0 Å². The molecule has 0 unspecified atom stereocenters. The number of carbonyl (C=O) groups excluding carboxylic acids is 1. The number of rotatable bonds is 3. The fraction of sp³-hybridized carbons (Fsp3) is 0.647. The first kappa shape index (κ1) is 15.3. The van der Waals surface area contributed by atoms with Crippen LogP contribution in [-0.4, -0.2) is 39.2 Å². The Morgan fingerprint density at radius 3 is 3.00 bits per heavy atom. The molecule has 0 radical (unpaired) electrons. The summed E-state index contributed by atoms with van der Waals surface area (Å²) in [5, 5.41) is 9.89. The van der Waals surface area contributed by atoms with Crippen molar-refractivity contribution in [2.24, 2.45) is 5.41 Å². The van der Waals surface area contributed by atoms with E-state index in [-0.39, 0.29) is 29.0 Å². The second-order valence-corrected chi connectivity index (χ2v) is 6.92. The number of aryl methyl sites for hydroxylation is 1. The fourth-order valence-corrected chi connectivity index (χ4v) is 4.11. The summed E-state index contributed by atoms with van der Waals surface area (Å²) in [7, 11) is 0. The molecule has 0 spiro atoms. The van der Waals surface area contributed by atoms with Crippen molar-refractivity contribution in [2.45, 2.75) is 57.7 Å². The molecule has 0 aromatic carbocycles. The first-order valence-corrected chi connectivity index (χ1v) is 8.13. The van der Waals surface area contributed by atoms with E-state index in [4.69, 9.17) is 0 Å². The third kappa shape index (κ3) is 2.82. The van der Waals surface area contributed by atoms with Crippen molar-refractivity contribution in [2.75, 3.05) is 6.54 Å². The molecule has 5 nitrogen and oxygen atoms in total. The van der Waals surface area contributed by atoms with Crippen LogP contribution in [0.5, 0.6) is 0 Å². The van der Waals surface area contributed by atoms with Crippen LogP contribution in [0.25, 0.3) is 0 Å². The highest BCUT2D eigenvalue weighted by Crippen LogP contribution is 2.46. The predicted octanol–water partition coefficient (Wildman–Crippen LogP) is 1.39. The molecular weight excluding hydrogens is 280 g/mol. The van der Waals surface area contributed by atoms with Crippen molar-refractivity contribution in [1.82, 2.24) is 9.47 Å². The molecule has 22 heavy (non-hydrogen) atoms. The van der Waals surface area contributed by atoms with E-state index in [1.807, 2.05) is 4.90 Å². The van der Waals surface area contributed by atoms with Gasteiger partial charge in [-0.05, 0) is 37.2 Å². The molecule has 2 heterocycles. The molecule has 3 atom stereocenters. The standard InChI is InChI=1S/C17H24N2O3/c1-17-8-11-19(14(17)6-5-13(20)12-17)16(22)7-10-18-9-3-2-4-15(18)21/h2-4,9,13-14,20H,5-8,10-12H2,1H3/t13-,14-,17+/m1/s1. The monoisotopic (exact) mass is 304 g/mol. The summed E-state index contributed by atoms with van der Waals surface area (Å²) in [6.45, 7) is 3.40. The van der Waals surface area contributed by atoms with Crippen molar-refractivity contribution in [1.29, 1.82) is 0 Å². The second kappa shape index (κ2) is 5.88. The predicted molar refractivity (Wildman–Crippen MR) is 83.4 cm³/mol. The maximum absolute atomic E-state index is 12.6. The number of hydrogen-bond acceptors (Lipinski definition) is 3. The Balaban J connectivity index is 1.64. The molecule has 1 amide bonds. The van der Waals surface area contributed by atoms with E-state index in [0.717, 1.165) is 32.2 Å². The summed E-state index contributed by atoms with van der Waals surface area (Å²) >= 11 is 0. The topological polar surface area (TPSA) is 62.5 Å². The highest BCUT2D eigenvalue weighted by Gasteiger charge is 2.48. The highest BCUT2D eigenvalue weighted by molar-refractivity contribution is 5.77. The van der Waals surface area contributed by atoms with Gasteiger partial charge < -0.3 is 14.6 Å². The Morgan fingerprint density at radius 1 is 1.41 bits per heavy atom. The van der Waals surface area contributed by atoms with Gasteiger partial charge in [-0.3, -0.25) is 9.59 Å². The molecule has 1 aromatic rings. The number of hydrogen-bond donors (Lipinski definition) is 1. The number of aromatic nitrogens is 1. The van der Waals surface area contributed by atoms with Gasteiger partial charge in [0.15, 0.2) is 0 Å². The van der Waals surface area contributed by atoms with Crippen LogP contribution >= 0.6 is 0 Å². The molecule has 1 aliphatic carbocycles. The Bertz CT molecular complexity index is 612. The van der Waals surface area contributed by atoms with Gasteiger partial charge in [0.2, 0.25) is 5.91 Å². The summed E-state index contributed by atoms with van der Waals surface area (Å²) in [6, 6.07) is 5.28. The van der Waals surface area contributed by atoms with Crippen molar-refractivity contribution in [3.63, 3.8) is 0 Å². The number of nitrogens with zero attached hydrogens (tertiary/aromatic N) is 2. The fourth-order valence-electron chi connectivity index (χ4n) is 4.11. The number of amides is 1. The molecule has 1 aromatic heterocycles. The Hall–Kier alpha value is -1.62. The second-order valence-electron chi connectivity index (χ2n) is 6.92. The number of carbonyl (C=O) groups is 1. The van der Waals surface area contributed by atoms with Crippen molar-refractivity contribution in [3.05, 3.63) is 34.7 Å². The molecule has 1 N–H and O–H groups in total. The molecular formula is C17H24N2O3. The molecule has 2 aliphatic rings. The minimum Gasteiger partial charge on any atom is -0.393 e. The lowest BCUT2D eigenvalue weighted by Gasteiger charge is -2.41. The van der Waals surface area contributed by atoms with Gasteiger partial charge in [0, 0.05) is 37.8 Å². The number of aliphatic hydroxyl groups excluding tert-OH is 1. The summed E-state index contributed by atoms with van der Waals surface area (Å²) < 4.78 is 1.58. The lowest BCUT2D eigenvalue weighted by atomic mass is 9.71. The smallest absolute Gasteiger partial charge is 0.250 e. The Kier molecular flexibility index (Phi) is 4.08. The first-order chi connectivity index (χ1) is 10.5. The van der Waals surface area contributed by atoms with Crippen LogP contribution in [0, 0.1) is 5.41 Å². The average Bonchev–Trinajstić information content (AvgIpc) is 2.82. The van der Waals surface area contributed by atoms with E-state index in [2.05, 4.69) is 6.92 Å². The van der Waals surface area contributed by atoms with E-state index in [1.54, 1.807) is 22.9 Å². The number of likely N-dealkylation sites (tertiary alicyclic amines) is 1. The average molecular weight is 304 g/mol. The van der Waals surface area contributed by atoms with E-state index >= 15 is 0 Å². The van der Waals surface area contributed by atoms with E-state index in [0.29, 0.717) is 13.0 Å². The van der Waals surface area contributed by atoms with Gasteiger partial charge in [0.1, 0.15) is 0 Å². The lowest BCUT2D eigenvalue weighted by Crippen LogP contribution is -2.46. The summed E-state index contributed by atoms with van der Waals surface area (Å²) in [6.07, 6.45) is 5.28. The van der Waals surface area contributed by atoms with Crippen LogP contribution < -0.4 is 5.56 Å². The molecule has 120 valence electrons. The maximum atomic E-state index is 12.6. The van der Waals surface area contributed by atoms with Crippen LogP contribution in [0.4, 0.5) is 0 Å². The minimum atomic E-state index is -0.223. The zero-order chi connectivity index (χ0) is 15.7. The number of aliphatic hydroxyl groups is 1. The van der Waals surface area contributed by atoms with Gasteiger partial charge >= 0.3 is 0 Å². The van der Waals surface area contributed by atoms with E-state index in [1.165, 1.54) is 6.07 Å². The normalized spacial score (nSPS) is 31.1.